The van der Waals surface area contributed by atoms with Crippen LogP contribution in [0.15, 0.2) is 78.9 Å². The molecule has 1 aromatic heterocycles. The lowest BCUT2D eigenvalue weighted by molar-refractivity contribution is -0.143. The summed E-state index contributed by atoms with van der Waals surface area (Å²) in [5.74, 6) is 0.136. The van der Waals surface area contributed by atoms with E-state index < -0.39 is 11.6 Å². The van der Waals surface area contributed by atoms with Gasteiger partial charge in [-0.3, -0.25) is 9.59 Å². The molecule has 3 aromatic carbocycles. The highest BCUT2D eigenvalue weighted by Gasteiger charge is 2.34. The van der Waals surface area contributed by atoms with Crippen LogP contribution in [0.1, 0.15) is 44.4 Å². The molecule has 0 aliphatic carbocycles. The lowest BCUT2D eigenvalue weighted by atomic mass is 9.98. The SMILES string of the molecule is CCC(C)(C)NC(=O)[C@H](c1ccccc1)N(Cc1ccccc1OC)C(=O)Cn1nnc2ccccc21. The van der Waals surface area contributed by atoms with E-state index >= 15 is 0 Å². The van der Waals surface area contributed by atoms with Gasteiger partial charge in [-0.05, 0) is 44.0 Å². The summed E-state index contributed by atoms with van der Waals surface area (Å²) >= 11 is 0. The fraction of sp³-hybridized carbons (Fsp3) is 0.310. The number of para-hydroxylation sites is 2. The summed E-state index contributed by atoms with van der Waals surface area (Å²) < 4.78 is 7.14. The zero-order valence-corrected chi connectivity index (χ0v) is 21.7. The van der Waals surface area contributed by atoms with Crippen molar-refractivity contribution in [2.75, 3.05) is 7.11 Å². The molecule has 0 bridgehead atoms. The minimum absolute atomic E-state index is 0.0660. The van der Waals surface area contributed by atoms with E-state index in [-0.39, 0.29) is 24.9 Å². The molecule has 0 fully saturated rings. The van der Waals surface area contributed by atoms with E-state index in [0.29, 0.717) is 11.3 Å². The van der Waals surface area contributed by atoms with Gasteiger partial charge < -0.3 is 15.0 Å². The Kier molecular flexibility index (Phi) is 7.86. The Labute approximate surface area is 217 Å². The number of methoxy groups -OCH3 is 1. The Hall–Kier alpha value is -4.20. The van der Waals surface area contributed by atoms with Crippen LogP contribution in [0.25, 0.3) is 11.0 Å². The average Bonchev–Trinajstić information content (AvgIpc) is 3.31. The highest BCUT2D eigenvalue weighted by Crippen LogP contribution is 2.28. The number of fused-ring (bicyclic) bond motifs is 1. The van der Waals surface area contributed by atoms with E-state index in [2.05, 4.69) is 15.6 Å². The first-order chi connectivity index (χ1) is 17.8. The van der Waals surface area contributed by atoms with E-state index in [9.17, 15) is 9.59 Å². The van der Waals surface area contributed by atoms with E-state index in [1.54, 1.807) is 16.7 Å². The second kappa shape index (κ2) is 11.2. The number of nitrogens with zero attached hydrogens (tertiary/aromatic N) is 4. The molecule has 1 heterocycles. The van der Waals surface area contributed by atoms with Crippen molar-refractivity contribution in [2.24, 2.45) is 0 Å². The van der Waals surface area contributed by atoms with Gasteiger partial charge >= 0.3 is 0 Å². The summed E-state index contributed by atoms with van der Waals surface area (Å²) in [6.07, 6.45) is 0.742. The molecule has 0 unspecified atom stereocenters. The Bertz CT molecular complexity index is 1370. The van der Waals surface area contributed by atoms with Crippen molar-refractivity contribution in [3.8, 4) is 5.75 Å². The molecule has 2 amide bonds. The molecule has 1 N–H and O–H groups in total. The third-order valence-electron chi connectivity index (χ3n) is 6.58. The maximum Gasteiger partial charge on any atom is 0.247 e. The van der Waals surface area contributed by atoms with Gasteiger partial charge in [-0.2, -0.15) is 0 Å². The summed E-state index contributed by atoms with van der Waals surface area (Å²) in [7, 11) is 1.59. The van der Waals surface area contributed by atoms with Gasteiger partial charge in [-0.1, -0.05) is 72.8 Å². The fourth-order valence-corrected chi connectivity index (χ4v) is 4.19. The number of aromatic nitrogens is 3. The van der Waals surface area contributed by atoms with Crippen molar-refractivity contribution in [1.82, 2.24) is 25.2 Å². The molecule has 0 spiro atoms. The molecule has 4 rings (SSSR count). The molecule has 0 saturated heterocycles. The number of carbonyl (C=O) groups excluding carboxylic acids is 2. The highest BCUT2D eigenvalue weighted by atomic mass is 16.5. The monoisotopic (exact) mass is 499 g/mol. The van der Waals surface area contributed by atoms with Crippen LogP contribution in [-0.4, -0.2) is 44.4 Å². The molecular weight excluding hydrogens is 466 g/mol. The van der Waals surface area contributed by atoms with Crippen molar-refractivity contribution in [1.29, 1.82) is 0 Å². The Morgan fingerprint density at radius 3 is 2.41 bits per heavy atom. The van der Waals surface area contributed by atoms with Crippen molar-refractivity contribution >= 4 is 22.8 Å². The zero-order valence-electron chi connectivity index (χ0n) is 21.7. The van der Waals surface area contributed by atoms with Crippen LogP contribution < -0.4 is 10.1 Å². The quantitative estimate of drug-likeness (QED) is 0.347. The maximum absolute atomic E-state index is 14.0. The summed E-state index contributed by atoms with van der Waals surface area (Å²) in [4.78, 5) is 29.5. The summed E-state index contributed by atoms with van der Waals surface area (Å²) in [6, 6.07) is 23.5. The molecule has 0 radical (unpaired) electrons. The smallest absolute Gasteiger partial charge is 0.247 e. The van der Waals surface area contributed by atoms with Crippen LogP contribution in [0.4, 0.5) is 0 Å². The van der Waals surface area contributed by atoms with Crippen LogP contribution in [-0.2, 0) is 22.7 Å². The molecule has 8 heteroatoms. The lowest BCUT2D eigenvalue weighted by Gasteiger charge is -2.35. The van der Waals surface area contributed by atoms with E-state index in [1.807, 2.05) is 99.6 Å². The number of hydrogen-bond acceptors (Lipinski definition) is 5. The molecular formula is C29H33N5O3. The van der Waals surface area contributed by atoms with Crippen LogP contribution in [0.2, 0.25) is 0 Å². The van der Waals surface area contributed by atoms with Gasteiger partial charge in [0.05, 0.1) is 19.2 Å². The molecule has 4 aromatic rings. The molecule has 0 aliphatic heterocycles. The topological polar surface area (TPSA) is 89.4 Å². The van der Waals surface area contributed by atoms with E-state index in [1.165, 1.54) is 0 Å². The zero-order chi connectivity index (χ0) is 26.4. The minimum Gasteiger partial charge on any atom is -0.496 e. The Morgan fingerprint density at radius 2 is 1.68 bits per heavy atom. The van der Waals surface area contributed by atoms with Gasteiger partial charge in [0, 0.05) is 11.1 Å². The molecule has 8 nitrogen and oxygen atoms in total. The largest absolute Gasteiger partial charge is 0.496 e. The first-order valence-electron chi connectivity index (χ1n) is 12.4. The summed E-state index contributed by atoms with van der Waals surface area (Å²) in [5.41, 5.74) is 2.53. The number of hydrogen-bond donors (Lipinski definition) is 1. The van der Waals surface area contributed by atoms with Crippen LogP contribution in [0.3, 0.4) is 0 Å². The normalized spacial score (nSPS) is 12.2. The lowest BCUT2D eigenvalue weighted by Crippen LogP contribution is -2.50. The number of ether oxygens (including phenoxy) is 1. The Balaban J connectivity index is 1.78. The number of carbonyl (C=O) groups is 2. The molecule has 37 heavy (non-hydrogen) atoms. The second-order valence-corrected chi connectivity index (χ2v) is 9.61. The summed E-state index contributed by atoms with van der Waals surface area (Å²) in [6.45, 7) is 6.08. The van der Waals surface area contributed by atoms with Crippen LogP contribution in [0, 0.1) is 0 Å². The van der Waals surface area contributed by atoms with Crippen molar-refractivity contribution in [3.63, 3.8) is 0 Å². The fourth-order valence-electron chi connectivity index (χ4n) is 4.19. The van der Waals surface area contributed by atoms with Gasteiger partial charge in [0.2, 0.25) is 11.8 Å². The van der Waals surface area contributed by atoms with Gasteiger partial charge in [0.25, 0.3) is 0 Å². The van der Waals surface area contributed by atoms with Gasteiger partial charge in [-0.25, -0.2) is 4.68 Å². The molecule has 0 saturated carbocycles. The number of benzene rings is 3. The predicted molar refractivity (Wildman–Crippen MR) is 143 cm³/mol. The average molecular weight is 500 g/mol. The van der Waals surface area contributed by atoms with Crippen LogP contribution >= 0.6 is 0 Å². The number of rotatable bonds is 10. The number of nitrogens with one attached hydrogen (secondary N) is 1. The maximum atomic E-state index is 14.0. The molecule has 0 aliphatic rings. The first-order valence-corrected chi connectivity index (χ1v) is 12.4. The van der Waals surface area contributed by atoms with E-state index in [4.69, 9.17) is 4.74 Å². The van der Waals surface area contributed by atoms with Gasteiger partial charge in [0.1, 0.15) is 23.9 Å². The van der Waals surface area contributed by atoms with Crippen molar-refractivity contribution < 1.29 is 14.3 Å². The number of amides is 2. The summed E-state index contributed by atoms with van der Waals surface area (Å²) in [5, 5.41) is 11.5. The minimum atomic E-state index is -0.862. The highest BCUT2D eigenvalue weighted by molar-refractivity contribution is 5.89. The van der Waals surface area contributed by atoms with Crippen molar-refractivity contribution in [3.05, 3.63) is 90.0 Å². The van der Waals surface area contributed by atoms with Crippen molar-refractivity contribution in [2.45, 2.75) is 51.9 Å². The predicted octanol–water partition coefficient (Wildman–Crippen LogP) is 4.51. The third-order valence-corrected chi connectivity index (χ3v) is 6.58. The van der Waals surface area contributed by atoms with Gasteiger partial charge in [0.15, 0.2) is 0 Å². The van der Waals surface area contributed by atoms with Crippen LogP contribution in [0.5, 0.6) is 5.75 Å². The van der Waals surface area contributed by atoms with Gasteiger partial charge in [-0.15, -0.1) is 5.10 Å². The first kappa shape index (κ1) is 25.9. The van der Waals surface area contributed by atoms with E-state index in [0.717, 1.165) is 23.1 Å². The Morgan fingerprint density at radius 1 is 1.00 bits per heavy atom. The second-order valence-electron chi connectivity index (χ2n) is 9.61. The molecule has 1 atom stereocenters. The third kappa shape index (κ3) is 5.97. The molecule has 192 valence electrons. The standard InChI is InChI=1S/C29H33N5O3/c1-5-29(2,3)30-28(36)27(21-13-7-6-8-14-21)33(19-22-15-9-12-18-25(22)37-4)26(35)20-34-24-17-11-10-16-23(24)31-32-34/h6-18,27H,5,19-20H2,1-4H3,(H,30,36)/t27-/m0/s1.